The van der Waals surface area contributed by atoms with E-state index in [4.69, 9.17) is 4.74 Å². The predicted octanol–water partition coefficient (Wildman–Crippen LogP) is 2.25. The first kappa shape index (κ1) is 21.5. The first-order valence-corrected chi connectivity index (χ1v) is 8.73. The molecule has 0 heterocycles. The summed E-state index contributed by atoms with van der Waals surface area (Å²) in [6.45, 7) is 10.2. The second kappa shape index (κ2) is 9.79. The lowest BCUT2D eigenvalue weighted by Crippen LogP contribution is -2.39. The van der Waals surface area contributed by atoms with Crippen LogP contribution >= 0.6 is 0 Å². The van der Waals surface area contributed by atoms with E-state index in [1.807, 2.05) is 27.7 Å². The molecule has 1 unspecified atom stereocenters. The number of carbonyl (C=O) groups excluding carboxylic acids is 3. The van der Waals surface area contributed by atoms with Crippen LogP contribution in [0, 0.1) is 0 Å². The van der Waals surface area contributed by atoms with E-state index in [9.17, 15) is 14.4 Å². The van der Waals surface area contributed by atoms with Gasteiger partial charge in [-0.05, 0) is 52.8 Å². The Bertz CT molecular complexity index is 653. The molecule has 2 amide bonds. The van der Waals surface area contributed by atoms with Crippen LogP contribution in [0.3, 0.4) is 0 Å². The molecule has 1 atom stereocenters. The fourth-order valence-electron chi connectivity index (χ4n) is 2.40. The van der Waals surface area contributed by atoms with Crippen LogP contribution in [0.4, 0.5) is 0 Å². The Labute approximate surface area is 154 Å². The first-order valence-electron chi connectivity index (χ1n) is 8.73. The second-order valence-electron chi connectivity index (χ2n) is 6.07. The van der Waals surface area contributed by atoms with Crippen molar-refractivity contribution in [2.45, 2.75) is 46.8 Å². The number of carbonyl (C=O) groups is 3. The summed E-state index contributed by atoms with van der Waals surface area (Å²) in [6.07, 6.45) is -0.182. The van der Waals surface area contributed by atoms with E-state index in [-0.39, 0.29) is 17.6 Å². The SMILES string of the molecule is CCN(CC)C(=O)c1ccc(C(=O)NC(C)C(=O)OC)c(OC(C)C)c1. The van der Waals surface area contributed by atoms with Crippen molar-refractivity contribution in [1.82, 2.24) is 10.2 Å². The number of amides is 2. The van der Waals surface area contributed by atoms with Crippen molar-refractivity contribution in [2.75, 3.05) is 20.2 Å². The average Bonchev–Trinajstić information content (AvgIpc) is 2.61. The van der Waals surface area contributed by atoms with Crippen molar-refractivity contribution >= 4 is 17.8 Å². The molecular weight excluding hydrogens is 336 g/mol. The second-order valence-corrected chi connectivity index (χ2v) is 6.07. The standard InChI is InChI=1S/C19H28N2O5/c1-7-21(8-2)18(23)14-9-10-15(16(11-14)26-12(3)4)17(22)20-13(5)19(24)25-6/h9-13H,7-8H2,1-6H3,(H,20,22). The van der Waals surface area contributed by atoms with Crippen molar-refractivity contribution in [3.8, 4) is 5.75 Å². The van der Waals surface area contributed by atoms with Gasteiger partial charge in [-0.25, -0.2) is 4.79 Å². The molecule has 144 valence electrons. The van der Waals surface area contributed by atoms with Gasteiger partial charge in [-0.1, -0.05) is 0 Å². The van der Waals surface area contributed by atoms with E-state index >= 15 is 0 Å². The van der Waals surface area contributed by atoms with Gasteiger partial charge in [-0.15, -0.1) is 0 Å². The number of hydrogen-bond acceptors (Lipinski definition) is 5. The highest BCUT2D eigenvalue weighted by atomic mass is 16.5. The molecule has 0 aromatic heterocycles. The minimum Gasteiger partial charge on any atom is -0.490 e. The summed E-state index contributed by atoms with van der Waals surface area (Å²) >= 11 is 0. The van der Waals surface area contributed by atoms with Crippen LogP contribution < -0.4 is 10.1 Å². The minimum absolute atomic E-state index is 0.126. The van der Waals surface area contributed by atoms with Gasteiger partial charge in [0.1, 0.15) is 11.8 Å². The maximum absolute atomic E-state index is 12.5. The van der Waals surface area contributed by atoms with E-state index < -0.39 is 17.9 Å². The molecule has 0 aliphatic heterocycles. The van der Waals surface area contributed by atoms with E-state index in [1.54, 1.807) is 17.0 Å². The molecule has 0 fully saturated rings. The Morgan fingerprint density at radius 3 is 2.23 bits per heavy atom. The summed E-state index contributed by atoms with van der Waals surface area (Å²) in [4.78, 5) is 38.2. The maximum atomic E-state index is 12.5. The molecule has 0 saturated heterocycles. The third-order valence-corrected chi connectivity index (χ3v) is 3.79. The van der Waals surface area contributed by atoms with E-state index in [0.717, 1.165) is 0 Å². The third kappa shape index (κ3) is 5.47. The molecule has 0 aliphatic rings. The lowest BCUT2D eigenvalue weighted by molar-refractivity contribution is -0.142. The van der Waals surface area contributed by atoms with Crippen LogP contribution in [-0.2, 0) is 9.53 Å². The van der Waals surface area contributed by atoms with Crippen LogP contribution in [0.5, 0.6) is 5.75 Å². The van der Waals surface area contributed by atoms with Crippen LogP contribution in [-0.4, -0.2) is 55.0 Å². The Morgan fingerprint density at radius 2 is 1.73 bits per heavy atom. The topological polar surface area (TPSA) is 84.9 Å². The summed E-state index contributed by atoms with van der Waals surface area (Å²) in [5.41, 5.74) is 0.701. The van der Waals surface area contributed by atoms with Gasteiger partial charge in [-0.2, -0.15) is 0 Å². The molecule has 1 N–H and O–H groups in total. The summed E-state index contributed by atoms with van der Waals surface area (Å²) < 4.78 is 10.3. The van der Waals surface area contributed by atoms with Gasteiger partial charge in [0, 0.05) is 18.7 Å². The molecule has 1 aromatic carbocycles. The zero-order chi connectivity index (χ0) is 19.9. The minimum atomic E-state index is -0.795. The van der Waals surface area contributed by atoms with Crippen LogP contribution in [0.1, 0.15) is 55.3 Å². The molecule has 0 spiro atoms. The summed E-state index contributed by atoms with van der Waals surface area (Å²) in [5.74, 6) is -0.843. The number of nitrogens with one attached hydrogen (secondary N) is 1. The Morgan fingerprint density at radius 1 is 1.12 bits per heavy atom. The summed E-state index contributed by atoms with van der Waals surface area (Å²) in [7, 11) is 1.26. The number of nitrogens with zero attached hydrogens (tertiary/aromatic N) is 1. The first-order chi connectivity index (χ1) is 12.2. The largest absolute Gasteiger partial charge is 0.490 e. The van der Waals surface area contributed by atoms with Crippen molar-refractivity contribution in [1.29, 1.82) is 0 Å². The molecule has 0 aliphatic carbocycles. The van der Waals surface area contributed by atoms with Gasteiger partial charge < -0.3 is 19.7 Å². The fraction of sp³-hybridized carbons (Fsp3) is 0.526. The molecule has 0 radical (unpaired) electrons. The van der Waals surface area contributed by atoms with Crippen molar-refractivity contribution in [2.24, 2.45) is 0 Å². The van der Waals surface area contributed by atoms with Gasteiger partial charge >= 0.3 is 5.97 Å². The quantitative estimate of drug-likeness (QED) is 0.715. The normalized spacial score (nSPS) is 11.7. The molecule has 26 heavy (non-hydrogen) atoms. The molecule has 1 aromatic rings. The lowest BCUT2D eigenvalue weighted by atomic mass is 10.1. The van der Waals surface area contributed by atoms with Crippen molar-refractivity contribution in [3.63, 3.8) is 0 Å². The van der Waals surface area contributed by atoms with Gasteiger partial charge in [0.2, 0.25) is 0 Å². The van der Waals surface area contributed by atoms with E-state index in [0.29, 0.717) is 24.4 Å². The van der Waals surface area contributed by atoms with E-state index in [1.165, 1.54) is 20.1 Å². The summed E-state index contributed by atoms with van der Waals surface area (Å²) in [5, 5.41) is 2.57. The maximum Gasteiger partial charge on any atom is 0.328 e. The Balaban J connectivity index is 3.17. The molecule has 0 bridgehead atoms. The van der Waals surface area contributed by atoms with Crippen LogP contribution in [0.2, 0.25) is 0 Å². The highest BCUT2D eigenvalue weighted by Gasteiger charge is 2.22. The molecule has 0 saturated carbocycles. The fourth-order valence-corrected chi connectivity index (χ4v) is 2.40. The van der Waals surface area contributed by atoms with Gasteiger partial charge in [-0.3, -0.25) is 9.59 Å². The van der Waals surface area contributed by atoms with Crippen molar-refractivity contribution in [3.05, 3.63) is 29.3 Å². The van der Waals surface area contributed by atoms with Gasteiger partial charge in [0.05, 0.1) is 18.8 Å². The monoisotopic (exact) mass is 364 g/mol. The molecule has 1 rings (SSSR count). The summed E-state index contributed by atoms with van der Waals surface area (Å²) in [6, 6.07) is 3.90. The number of methoxy groups -OCH3 is 1. The van der Waals surface area contributed by atoms with Gasteiger partial charge in [0.25, 0.3) is 11.8 Å². The smallest absolute Gasteiger partial charge is 0.328 e. The Hall–Kier alpha value is -2.57. The molecule has 7 heteroatoms. The molecular formula is C19H28N2O5. The zero-order valence-corrected chi connectivity index (χ0v) is 16.3. The number of benzene rings is 1. The number of hydrogen-bond donors (Lipinski definition) is 1. The van der Waals surface area contributed by atoms with Crippen LogP contribution in [0.25, 0.3) is 0 Å². The highest BCUT2D eigenvalue weighted by molar-refractivity contribution is 6.01. The predicted molar refractivity (Wildman–Crippen MR) is 98.4 cm³/mol. The van der Waals surface area contributed by atoms with Crippen LogP contribution in [0.15, 0.2) is 18.2 Å². The van der Waals surface area contributed by atoms with E-state index in [2.05, 4.69) is 10.1 Å². The zero-order valence-electron chi connectivity index (χ0n) is 16.3. The average molecular weight is 364 g/mol. The number of ether oxygens (including phenoxy) is 2. The Kier molecular flexibility index (Phi) is 8.09. The number of rotatable bonds is 8. The lowest BCUT2D eigenvalue weighted by Gasteiger charge is -2.21. The molecule has 7 nitrogen and oxygen atoms in total. The third-order valence-electron chi connectivity index (χ3n) is 3.79. The van der Waals surface area contributed by atoms with Gasteiger partial charge in [0.15, 0.2) is 0 Å². The highest BCUT2D eigenvalue weighted by Crippen LogP contribution is 2.23. The van der Waals surface area contributed by atoms with Crippen molar-refractivity contribution < 1.29 is 23.9 Å². The number of esters is 1.